The molecule has 5 nitrogen and oxygen atoms in total. The Kier molecular flexibility index (Phi) is 5.94. The zero-order chi connectivity index (χ0) is 23.0. The Hall–Kier alpha value is -2.60. The average Bonchev–Trinajstić information content (AvgIpc) is 3.50. The molecule has 6 rings (SSSR count). The quantitative estimate of drug-likeness (QED) is 0.388. The van der Waals surface area contributed by atoms with E-state index < -0.39 is 5.66 Å². The Morgan fingerprint density at radius 2 is 1.62 bits per heavy atom. The van der Waals surface area contributed by atoms with Crippen LogP contribution in [0, 0.1) is 11.8 Å². The molecule has 178 valence electrons. The van der Waals surface area contributed by atoms with E-state index in [0.29, 0.717) is 12.0 Å². The van der Waals surface area contributed by atoms with Crippen LogP contribution >= 0.6 is 11.3 Å². The van der Waals surface area contributed by atoms with Crippen LogP contribution in [0.1, 0.15) is 69.8 Å². The van der Waals surface area contributed by atoms with Crippen molar-refractivity contribution >= 4 is 38.8 Å². The molecule has 2 saturated carbocycles. The molecule has 34 heavy (non-hydrogen) atoms. The van der Waals surface area contributed by atoms with E-state index in [0.717, 1.165) is 52.8 Å². The highest BCUT2D eigenvalue weighted by atomic mass is 32.1. The first-order valence-electron chi connectivity index (χ1n) is 13.0. The van der Waals surface area contributed by atoms with Crippen LogP contribution in [0.5, 0.6) is 0 Å². The molecule has 1 atom stereocenters. The van der Waals surface area contributed by atoms with Crippen molar-refractivity contribution in [2.45, 2.75) is 75.9 Å². The number of hydrogen-bond acceptors (Lipinski definition) is 5. The lowest BCUT2D eigenvalue weighted by Gasteiger charge is -2.44. The summed E-state index contributed by atoms with van der Waals surface area (Å²) in [6.07, 6.45) is 11.8. The van der Waals surface area contributed by atoms with E-state index in [-0.39, 0.29) is 11.8 Å². The fourth-order valence-electron chi connectivity index (χ4n) is 6.51. The Morgan fingerprint density at radius 1 is 0.941 bits per heavy atom. The summed E-state index contributed by atoms with van der Waals surface area (Å²) in [5, 5.41) is 11.2. The predicted molar refractivity (Wildman–Crippen MR) is 140 cm³/mol. The van der Waals surface area contributed by atoms with E-state index in [1.165, 1.54) is 38.5 Å². The molecule has 0 bridgehead atoms. The summed E-state index contributed by atoms with van der Waals surface area (Å²) in [5.41, 5.74) is 5.49. The number of nitrogens with one attached hydrogen (secondary N) is 3. The normalized spacial score (nSPS) is 21.4. The Morgan fingerprint density at radius 3 is 2.32 bits per heavy atom. The van der Waals surface area contributed by atoms with Crippen molar-refractivity contribution < 1.29 is 4.79 Å². The van der Waals surface area contributed by atoms with Crippen molar-refractivity contribution in [3.8, 4) is 0 Å². The molecule has 2 heterocycles. The summed E-state index contributed by atoms with van der Waals surface area (Å²) in [4.78, 5) is 18.7. The molecule has 1 aliphatic heterocycles. The van der Waals surface area contributed by atoms with Gasteiger partial charge in [0.25, 0.3) is 0 Å². The van der Waals surface area contributed by atoms with Crippen molar-refractivity contribution in [3.63, 3.8) is 0 Å². The zero-order valence-corrected chi connectivity index (χ0v) is 20.5. The average molecular weight is 475 g/mol. The fourth-order valence-corrected chi connectivity index (χ4v) is 7.22. The minimum atomic E-state index is -0.678. The van der Waals surface area contributed by atoms with E-state index in [1.807, 2.05) is 5.51 Å². The van der Waals surface area contributed by atoms with Crippen LogP contribution in [-0.2, 0) is 10.5 Å². The van der Waals surface area contributed by atoms with Gasteiger partial charge in [0, 0.05) is 6.04 Å². The molecule has 2 aliphatic carbocycles. The van der Waals surface area contributed by atoms with Crippen LogP contribution in [0.15, 0.2) is 48.0 Å². The first-order valence-corrected chi connectivity index (χ1v) is 13.9. The van der Waals surface area contributed by atoms with Gasteiger partial charge in [0.1, 0.15) is 5.66 Å². The SMILES string of the molecule is O=C(NC1CCCCC1)C(C1CCCCC1)C1(c2ccc3ncsc3c2)Nc2ccccc2N1. The summed E-state index contributed by atoms with van der Waals surface area (Å²) in [5.74, 6) is 0.340. The molecule has 0 radical (unpaired) electrons. The van der Waals surface area contributed by atoms with Crippen LogP contribution in [0.4, 0.5) is 11.4 Å². The lowest BCUT2D eigenvalue weighted by molar-refractivity contribution is -0.130. The second kappa shape index (κ2) is 9.21. The first-order chi connectivity index (χ1) is 16.7. The number of carbonyl (C=O) groups is 1. The summed E-state index contributed by atoms with van der Waals surface area (Å²) in [7, 11) is 0. The number of benzene rings is 2. The standard InChI is InChI=1S/C28H34N4OS/c33-27(30-21-11-5-2-6-12-21)26(19-9-3-1-4-10-19)28(31-22-13-7-8-14-23(22)32-28)20-15-16-24-25(17-20)34-18-29-24/h7-8,13-19,21,26,31-32H,1-6,9-12H2,(H,30,33). The maximum atomic E-state index is 14.2. The number of fused-ring (bicyclic) bond motifs is 2. The number of carbonyl (C=O) groups excluding carboxylic acids is 1. The molecular formula is C28H34N4OS. The number of aromatic nitrogens is 1. The third kappa shape index (κ3) is 3.96. The summed E-state index contributed by atoms with van der Waals surface area (Å²) >= 11 is 1.66. The van der Waals surface area contributed by atoms with Gasteiger partial charge >= 0.3 is 0 Å². The third-order valence-corrected chi connectivity index (χ3v) is 8.99. The summed E-state index contributed by atoms with van der Waals surface area (Å²) in [6, 6.07) is 15.2. The largest absolute Gasteiger partial charge is 0.357 e. The van der Waals surface area contributed by atoms with Crippen LogP contribution in [0.2, 0.25) is 0 Å². The topological polar surface area (TPSA) is 66.0 Å². The smallest absolute Gasteiger partial charge is 0.228 e. The van der Waals surface area contributed by atoms with E-state index in [1.54, 1.807) is 11.3 Å². The van der Waals surface area contributed by atoms with Crippen molar-refractivity contribution in [1.82, 2.24) is 10.3 Å². The Bertz CT molecular complexity index is 1140. The van der Waals surface area contributed by atoms with Crippen molar-refractivity contribution in [3.05, 3.63) is 53.5 Å². The number of anilines is 2. The van der Waals surface area contributed by atoms with Gasteiger partial charge in [-0.2, -0.15) is 0 Å². The van der Waals surface area contributed by atoms with Gasteiger partial charge in [-0.25, -0.2) is 4.98 Å². The lowest BCUT2D eigenvalue weighted by Crippen LogP contribution is -2.56. The fraction of sp³-hybridized carbons (Fsp3) is 0.500. The van der Waals surface area contributed by atoms with E-state index >= 15 is 0 Å². The van der Waals surface area contributed by atoms with Gasteiger partial charge in [0.05, 0.1) is 33.0 Å². The van der Waals surface area contributed by atoms with E-state index in [2.05, 4.69) is 63.4 Å². The highest BCUT2D eigenvalue weighted by Gasteiger charge is 2.52. The van der Waals surface area contributed by atoms with Crippen LogP contribution in [0.3, 0.4) is 0 Å². The Balaban J connectivity index is 1.45. The van der Waals surface area contributed by atoms with E-state index in [4.69, 9.17) is 0 Å². The second-order valence-electron chi connectivity index (χ2n) is 10.4. The monoisotopic (exact) mass is 474 g/mol. The predicted octanol–water partition coefficient (Wildman–Crippen LogP) is 6.63. The zero-order valence-electron chi connectivity index (χ0n) is 19.7. The molecule has 3 aromatic rings. The molecule has 2 fully saturated rings. The maximum absolute atomic E-state index is 14.2. The van der Waals surface area contributed by atoms with Crippen molar-refractivity contribution in [1.29, 1.82) is 0 Å². The van der Waals surface area contributed by atoms with Gasteiger partial charge in [-0.1, -0.05) is 56.7 Å². The van der Waals surface area contributed by atoms with Crippen LogP contribution in [0.25, 0.3) is 10.2 Å². The molecule has 1 unspecified atom stereocenters. The highest BCUT2D eigenvalue weighted by Crippen LogP contribution is 2.49. The van der Waals surface area contributed by atoms with Gasteiger partial charge in [0.15, 0.2) is 0 Å². The van der Waals surface area contributed by atoms with Gasteiger partial charge in [-0.15, -0.1) is 11.3 Å². The molecule has 0 spiro atoms. The van der Waals surface area contributed by atoms with Crippen LogP contribution < -0.4 is 16.0 Å². The van der Waals surface area contributed by atoms with Crippen LogP contribution in [-0.4, -0.2) is 16.9 Å². The van der Waals surface area contributed by atoms with Gasteiger partial charge in [0.2, 0.25) is 5.91 Å². The number of hydrogen-bond donors (Lipinski definition) is 3. The number of rotatable bonds is 5. The molecule has 0 saturated heterocycles. The first kappa shape index (κ1) is 21.9. The summed E-state index contributed by atoms with van der Waals surface area (Å²) in [6.45, 7) is 0. The number of nitrogens with zero attached hydrogens (tertiary/aromatic N) is 1. The molecule has 2 aromatic carbocycles. The molecule has 3 aliphatic rings. The molecule has 1 aromatic heterocycles. The number of amides is 1. The number of para-hydroxylation sites is 2. The van der Waals surface area contributed by atoms with Gasteiger partial charge in [-0.05, 0) is 61.4 Å². The molecule has 1 amide bonds. The molecular weight excluding hydrogens is 440 g/mol. The highest BCUT2D eigenvalue weighted by molar-refractivity contribution is 7.16. The molecule has 3 N–H and O–H groups in total. The van der Waals surface area contributed by atoms with Gasteiger partial charge < -0.3 is 16.0 Å². The third-order valence-electron chi connectivity index (χ3n) is 8.20. The maximum Gasteiger partial charge on any atom is 0.228 e. The van der Waals surface area contributed by atoms with E-state index in [9.17, 15) is 4.79 Å². The second-order valence-corrected chi connectivity index (χ2v) is 11.2. The lowest BCUT2D eigenvalue weighted by atomic mass is 9.71. The minimum absolute atomic E-state index is 0.201. The van der Waals surface area contributed by atoms with Crippen molar-refractivity contribution in [2.75, 3.05) is 10.6 Å². The Labute approximate surface area is 205 Å². The number of thiazole rings is 1. The van der Waals surface area contributed by atoms with Gasteiger partial charge in [-0.3, -0.25) is 4.79 Å². The molecule has 6 heteroatoms. The summed E-state index contributed by atoms with van der Waals surface area (Å²) < 4.78 is 1.16. The van der Waals surface area contributed by atoms with Crippen molar-refractivity contribution in [2.24, 2.45) is 11.8 Å². The minimum Gasteiger partial charge on any atom is -0.357 e.